The number of carbonyl (C=O) groups is 1. The van der Waals surface area contributed by atoms with Crippen LogP contribution in [-0.2, 0) is 4.74 Å². The number of fused-ring (bicyclic) bond motifs is 1. The number of aromatic amines is 1. The summed E-state index contributed by atoms with van der Waals surface area (Å²) in [7, 11) is 1.53. The van der Waals surface area contributed by atoms with E-state index in [1.807, 2.05) is 30.5 Å². The zero-order chi connectivity index (χ0) is 20.2. The molecular formula is C21H25N5O3. The Morgan fingerprint density at radius 1 is 1.24 bits per heavy atom. The predicted molar refractivity (Wildman–Crippen MR) is 110 cm³/mol. The summed E-state index contributed by atoms with van der Waals surface area (Å²) in [5.74, 6) is 0.496. The van der Waals surface area contributed by atoms with Crippen molar-refractivity contribution in [2.24, 2.45) is 0 Å². The van der Waals surface area contributed by atoms with Crippen molar-refractivity contribution in [3.05, 3.63) is 54.0 Å². The molecule has 8 heteroatoms. The first kappa shape index (κ1) is 19.2. The van der Waals surface area contributed by atoms with Gasteiger partial charge in [-0.2, -0.15) is 0 Å². The number of hydrogen-bond donors (Lipinski definition) is 4. The number of nitrogens with one attached hydrogen (secondary N) is 3. The lowest BCUT2D eigenvalue weighted by Gasteiger charge is -2.26. The number of anilines is 1. The molecule has 1 unspecified atom stereocenters. The number of carbonyl (C=O) groups excluding carboxylic acids is 1. The molecule has 1 atom stereocenters. The molecule has 4 N–H and O–H groups in total. The van der Waals surface area contributed by atoms with Crippen LogP contribution in [0.5, 0.6) is 0 Å². The van der Waals surface area contributed by atoms with Crippen LogP contribution in [0.1, 0.15) is 43.0 Å². The summed E-state index contributed by atoms with van der Waals surface area (Å²) >= 11 is 0. The van der Waals surface area contributed by atoms with Crippen LogP contribution in [0.3, 0.4) is 0 Å². The van der Waals surface area contributed by atoms with Crippen LogP contribution in [0.4, 0.5) is 10.7 Å². The van der Waals surface area contributed by atoms with Crippen LogP contribution >= 0.6 is 0 Å². The third kappa shape index (κ3) is 4.32. The Labute approximate surface area is 168 Å². The van der Waals surface area contributed by atoms with Crippen molar-refractivity contribution < 1.29 is 14.6 Å². The maximum Gasteiger partial charge on any atom is 0.407 e. The first-order valence-electron chi connectivity index (χ1n) is 9.86. The van der Waals surface area contributed by atoms with E-state index in [0.717, 1.165) is 42.1 Å². The summed E-state index contributed by atoms with van der Waals surface area (Å²) in [6.45, 7) is 0. The fourth-order valence-corrected chi connectivity index (χ4v) is 3.78. The zero-order valence-corrected chi connectivity index (χ0v) is 16.3. The molecule has 1 aliphatic rings. The van der Waals surface area contributed by atoms with Crippen molar-refractivity contribution in [3.8, 4) is 0 Å². The standard InChI is InChI=1S/C21H25N5O3/c1-22-21(28)29-19(16-3-2-4-17-15(16)9-11-23-17)18-10-12-24-20(26-18)25-13-5-7-14(27)8-6-13/h2-4,9-14,19,23,27H,5-8H2,1H3,(H,22,28)(H,24,25,26). The van der Waals surface area contributed by atoms with E-state index in [1.54, 1.807) is 12.3 Å². The molecule has 152 valence electrons. The first-order valence-corrected chi connectivity index (χ1v) is 9.86. The van der Waals surface area contributed by atoms with Gasteiger partial charge in [0.2, 0.25) is 5.95 Å². The molecule has 3 aromatic rings. The molecule has 0 radical (unpaired) electrons. The lowest BCUT2D eigenvalue weighted by atomic mass is 9.93. The quantitative estimate of drug-likeness (QED) is 0.528. The Bertz CT molecular complexity index is 981. The predicted octanol–water partition coefficient (Wildman–Crippen LogP) is 3.12. The number of H-pyrrole nitrogens is 1. The molecule has 1 saturated carbocycles. The average molecular weight is 395 g/mol. The molecule has 0 aliphatic heterocycles. The minimum Gasteiger partial charge on any atom is -0.435 e. The Kier molecular flexibility index (Phi) is 5.62. The molecule has 0 bridgehead atoms. The molecule has 0 saturated heterocycles. The highest BCUT2D eigenvalue weighted by atomic mass is 16.6. The minimum atomic E-state index is -0.675. The largest absolute Gasteiger partial charge is 0.435 e. The van der Waals surface area contributed by atoms with Gasteiger partial charge in [-0.25, -0.2) is 14.8 Å². The summed E-state index contributed by atoms with van der Waals surface area (Å²) in [6, 6.07) is 9.76. The smallest absolute Gasteiger partial charge is 0.407 e. The summed E-state index contributed by atoms with van der Waals surface area (Å²) in [4.78, 5) is 24.2. The van der Waals surface area contributed by atoms with Crippen LogP contribution in [0.2, 0.25) is 0 Å². The van der Waals surface area contributed by atoms with Crippen LogP contribution in [0.15, 0.2) is 42.7 Å². The van der Waals surface area contributed by atoms with E-state index in [1.165, 1.54) is 7.05 Å². The van der Waals surface area contributed by atoms with E-state index in [0.29, 0.717) is 11.6 Å². The van der Waals surface area contributed by atoms with Crippen molar-refractivity contribution in [1.82, 2.24) is 20.3 Å². The minimum absolute atomic E-state index is 0.215. The summed E-state index contributed by atoms with van der Waals surface area (Å²) in [5, 5.41) is 16.5. The maximum absolute atomic E-state index is 12.1. The number of aliphatic hydroxyl groups is 1. The molecule has 1 amide bonds. The highest BCUT2D eigenvalue weighted by molar-refractivity contribution is 5.84. The summed E-state index contributed by atoms with van der Waals surface area (Å²) < 4.78 is 5.69. The molecular weight excluding hydrogens is 370 g/mol. The Balaban J connectivity index is 1.64. The van der Waals surface area contributed by atoms with Gasteiger partial charge in [0.25, 0.3) is 0 Å². The lowest BCUT2D eigenvalue weighted by Crippen LogP contribution is -2.29. The molecule has 4 rings (SSSR count). The number of alkyl carbamates (subject to hydrolysis) is 1. The number of hydrogen-bond acceptors (Lipinski definition) is 6. The molecule has 8 nitrogen and oxygen atoms in total. The lowest BCUT2D eigenvalue weighted by molar-refractivity contribution is 0.117. The van der Waals surface area contributed by atoms with Gasteiger partial charge in [-0.1, -0.05) is 12.1 Å². The van der Waals surface area contributed by atoms with Gasteiger partial charge >= 0.3 is 6.09 Å². The summed E-state index contributed by atoms with van der Waals surface area (Å²) in [5.41, 5.74) is 2.40. The number of benzene rings is 1. The number of nitrogens with zero attached hydrogens (tertiary/aromatic N) is 2. The van der Waals surface area contributed by atoms with Gasteiger partial charge in [0, 0.05) is 41.9 Å². The Morgan fingerprint density at radius 3 is 2.86 bits per heavy atom. The monoisotopic (exact) mass is 395 g/mol. The maximum atomic E-state index is 12.1. The topological polar surface area (TPSA) is 112 Å². The van der Waals surface area contributed by atoms with Gasteiger partial charge in [-0.05, 0) is 43.9 Å². The fraction of sp³-hybridized carbons (Fsp3) is 0.381. The van der Waals surface area contributed by atoms with E-state index >= 15 is 0 Å². The van der Waals surface area contributed by atoms with Gasteiger partial charge < -0.3 is 25.5 Å². The normalized spacial score (nSPS) is 20.2. The van der Waals surface area contributed by atoms with E-state index in [-0.39, 0.29) is 12.1 Å². The van der Waals surface area contributed by atoms with Crippen LogP contribution in [0, 0.1) is 0 Å². The van der Waals surface area contributed by atoms with Crippen LogP contribution in [0.25, 0.3) is 10.9 Å². The second-order valence-electron chi connectivity index (χ2n) is 7.28. The third-order valence-corrected chi connectivity index (χ3v) is 5.32. The number of aliphatic hydroxyl groups excluding tert-OH is 1. The van der Waals surface area contributed by atoms with Crippen LogP contribution in [-0.4, -0.2) is 45.3 Å². The van der Waals surface area contributed by atoms with Gasteiger partial charge in [-0.15, -0.1) is 0 Å². The van der Waals surface area contributed by atoms with Gasteiger partial charge in [0.1, 0.15) is 0 Å². The molecule has 29 heavy (non-hydrogen) atoms. The third-order valence-electron chi connectivity index (χ3n) is 5.32. The highest BCUT2D eigenvalue weighted by Gasteiger charge is 2.24. The van der Waals surface area contributed by atoms with Crippen molar-refractivity contribution in [1.29, 1.82) is 0 Å². The van der Waals surface area contributed by atoms with Gasteiger partial charge in [0.15, 0.2) is 6.10 Å². The molecule has 2 aromatic heterocycles. The first-order chi connectivity index (χ1) is 14.1. The van der Waals surface area contributed by atoms with E-state index < -0.39 is 12.2 Å². The summed E-state index contributed by atoms with van der Waals surface area (Å²) in [6.07, 6.45) is 5.39. The molecule has 1 aliphatic carbocycles. The van der Waals surface area contributed by atoms with Gasteiger partial charge in [0.05, 0.1) is 11.8 Å². The molecule has 0 spiro atoms. The highest BCUT2D eigenvalue weighted by Crippen LogP contribution is 2.31. The number of rotatable bonds is 5. The number of aromatic nitrogens is 3. The van der Waals surface area contributed by atoms with Crippen molar-refractivity contribution >= 4 is 22.9 Å². The molecule has 1 aromatic carbocycles. The van der Waals surface area contributed by atoms with E-state index in [2.05, 4.69) is 25.6 Å². The fourth-order valence-electron chi connectivity index (χ4n) is 3.78. The zero-order valence-electron chi connectivity index (χ0n) is 16.3. The Hall–Kier alpha value is -3.13. The van der Waals surface area contributed by atoms with Crippen molar-refractivity contribution in [3.63, 3.8) is 0 Å². The van der Waals surface area contributed by atoms with Crippen molar-refractivity contribution in [2.75, 3.05) is 12.4 Å². The SMILES string of the molecule is CNC(=O)OC(c1ccnc(NC2CCC(O)CC2)n1)c1cccc2[nH]ccc12. The average Bonchev–Trinajstić information content (AvgIpc) is 3.23. The molecule has 1 fully saturated rings. The Morgan fingerprint density at radius 2 is 2.07 bits per heavy atom. The van der Waals surface area contributed by atoms with Gasteiger partial charge in [-0.3, -0.25) is 0 Å². The van der Waals surface area contributed by atoms with Crippen molar-refractivity contribution in [2.45, 2.75) is 43.9 Å². The second-order valence-corrected chi connectivity index (χ2v) is 7.28. The second kappa shape index (κ2) is 8.48. The van der Waals surface area contributed by atoms with E-state index in [4.69, 9.17) is 4.74 Å². The number of amides is 1. The van der Waals surface area contributed by atoms with E-state index in [9.17, 15) is 9.90 Å². The number of ether oxygens (including phenoxy) is 1. The van der Waals surface area contributed by atoms with Crippen LogP contribution < -0.4 is 10.6 Å². The molecule has 2 heterocycles.